The fourth-order valence-corrected chi connectivity index (χ4v) is 2.40. The molecule has 0 aromatic carbocycles. The summed E-state index contributed by atoms with van der Waals surface area (Å²) in [7, 11) is 1.72. The molecule has 0 aliphatic rings. The van der Waals surface area contributed by atoms with Gasteiger partial charge in [-0.25, -0.2) is 0 Å². The van der Waals surface area contributed by atoms with Crippen LogP contribution in [0.15, 0.2) is 0 Å². The third-order valence-corrected chi connectivity index (χ3v) is 3.40. The molecule has 0 atom stereocenters. The van der Waals surface area contributed by atoms with Crippen molar-refractivity contribution < 1.29 is 4.74 Å². The van der Waals surface area contributed by atoms with Crippen molar-refractivity contribution in [2.24, 2.45) is 5.92 Å². The van der Waals surface area contributed by atoms with Gasteiger partial charge in [0.05, 0.1) is 6.61 Å². The van der Waals surface area contributed by atoms with Crippen LogP contribution in [0.1, 0.15) is 19.4 Å². The van der Waals surface area contributed by atoms with E-state index in [1.807, 2.05) is 6.92 Å². The summed E-state index contributed by atoms with van der Waals surface area (Å²) in [5.41, 5.74) is 6.86. The van der Waals surface area contributed by atoms with Crippen molar-refractivity contribution in [3.63, 3.8) is 0 Å². The second kappa shape index (κ2) is 6.06. The highest BCUT2D eigenvalue weighted by atomic mass is 32.1. The number of nitrogens with zero attached hydrogens (tertiary/aromatic N) is 2. The summed E-state index contributed by atoms with van der Waals surface area (Å²) in [5, 5.41) is 1.17. The Morgan fingerprint density at radius 1 is 1.50 bits per heavy atom. The molecule has 0 radical (unpaired) electrons. The van der Waals surface area contributed by atoms with Gasteiger partial charge in [-0.15, -0.1) is 0 Å². The van der Waals surface area contributed by atoms with Crippen LogP contribution in [-0.2, 0) is 4.74 Å². The van der Waals surface area contributed by atoms with Gasteiger partial charge in [-0.1, -0.05) is 13.8 Å². The Hall–Kier alpha value is -0.810. The van der Waals surface area contributed by atoms with Gasteiger partial charge in [-0.05, 0) is 24.4 Å². The quantitative estimate of drug-likeness (QED) is 0.831. The third kappa shape index (κ3) is 3.35. The van der Waals surface area contributed by atoms with Crippen LogP contribution in [-0.4, -0.2) is 31.2 Å². The lowest BCUT2D eigenvalue weighted by Gasteiger charge is -2.25. The zero-order chi connectivity index (χ0) is 12.1. The van der Waals surface area contributed by atoms with Crippen LogP contribution in [0.5, 0.6) is 0 Å². The van der Waals surface area contributed by atoms with Crippen molar-refractivity contribution in [3.05, 3.63) is 5.56 Å². The summed E-state index contributed by atoms with van der Waals surface area (Å²) >= 11 is 1.47. The van der Waals surface area contributed by atoms with E-state index in [9.17, 15) is 0 Å². The van der Waals surface area contributed by atoms with Crippen molar-refractivity contribution in [3.8, 4) is 0 Å². The first kappa shape index (κ1) is 13.3. The number of methoxy groups -OCH3 is 1. The van der Waals surface area contributed by atoms with Crippen LogP contribution in [0.25, 0.3) is 0 Å². The molecule has 5 heteroatoms. The molecule has 0 unspecified atom stereocenters. The number of aromatic nitrogens is 1. The van der Waals surface area contributed by atoms with Crippen molar-refractivity contribution in [2.75, 3.05) is 37.4 Å². The fraction of sp³-hybridized carbons (Fsp3) is 0.727. The molecule has 92 valence electrons. The van der Waals surface area contributed by atoms with Gasteiger partial charge in [0.1, 0.15) is 10.8 Å². The number of nitrogen functional groups attached to an aromatic ring is 1. The van der Waals surface area contributed by atoms with Crippen LogP contribution in [0.3, 0.4) is 0 Å². The van der Waals surface area contributed by atoms with Crippen LogP contribution >= 0.6 is 11.5 Å². The van der Waals surface area contributed by atoms with E-state index in [1.165, 1.54) is 16.5 Å². The van der Waals surface area contributed by atoms with Gasteiger partial charge < -0.3 is 15.4 Å². The van der Waals surface area contributed by atoms with Crippen molar-refractivity contribution >= 4 is 22.4 Å². The maximum atomic E-state index is 5.78. The predicted octanol–water partition coefficient (Wildman–Crippen LogP) is 2.14. The highest BCUT2D eigenvalue weighted by Gasteiger charge is 2.15. The van der Waals surface area contributed by atoms with Gasteiger partial charge in [-0.3, -0.25) is 0 Å². The molecule has 1 aromatic heterocycles. The standard InChI is InChI=1S/C11H21N3OS/c1-8(2)7-14(5-6-15-4)11-9(3)10(12)13-16-11/h8H,5-7H2,1-4H3,(H2,12,13). The minimum Gasteiger partial charge on any atom is -0.383 e. The number of nitrogens with two attached hydrogens (primary N) is 1. The lowest BCUT2D eigenvalue weighted by molar-refractivity contribution is 0.204. The van der Waals surface area contributed by atoms with Crippen molar-refractivity contribution in [1.29, 1.82) is 0 Å². The zero-order valence-corrected chi connectivity index (χ0v) is 11.3. The number of anilines is 2. The van der Waals surface area contributed by atoms with Gasteiger partial charge in [0.2, 0.25) is 0 Å². The van der Waals surface area contributed by atoms with Crippen LogP contribution in [0.2, 0.25) is 0 Å². The summed E-state index contributed by atoms with van der Waals surface area (Å²) < 4.78 is 9.32. The minimum atomic E-state index is 0.611. The van der Waals surface area contributed by atoms with Crippen LogP contribution in [0, 0.1) is 12.8 Å². The molecule has 0 spiro atoms. The average molecular weight is 243 g/mol. The first-order valence-electron chi connectivity index (χ1n) is 5.51. The van der Waals surface area contributed by atoms with E-state index in [0.29, 0.717) is 11.7 Å². The Balaban J connectivity index is 2.78. The number of ether oxygens (including phenoxy) is 1. The SMILES string of the molecule is COCCN(CC(C)C)c1snc(N)c1C. The van der Waals surface area contributed by atoms with Gasteiger partial charge in [0, 0.05) is 25.8 Å². The summed E-state index contributed by atoms with van der Waals surface area (Å²) in [5.74, 6) is 1.26. The maximum Gasteiger partial charge on any atom is 0.142 e. The molecule has 2 N–H and O–H groups in total. The van der Waals surface area contributed by atoms with E-state index < -0.39 is 0 Å². The smallest absolute Gasteiger partial charge is 0.142 e. The van der Waals surface area contributed by atoms with Gasteiger partial charge >= 0.3 is 0 Å². The summed E-state index contributed by atoms with van der Waals surface area (Å²) in [6.45, 7) is 9.06. The molecule has 0 aliphatic heterocycles. The van der Waals surface area contributed by atoms with E-state index in [2.05, 4.69) is 23.1 Å². The summed E-state index contributed by atoms with van der Waals surface area (Å²) in [6.07, 6.45) is 0. The molecule has 0 saturated heterocycles. The normalized spacial score (nSPS) is 11.1. The number of hydrogen-bond donors (Lipinski definition) is 1. The summed E-state index contributed by atoms with van der Waals surface area (Å²) in [4.78, 5) is 2.30. The van der Waals surface area contributed by atoms with Crippen LogP contribution < -0.4 is 10.6 Å². The molecule has 1 rings (SSSR count). The van der Waals surface area contributed by atoms with E-state index in [4.69, 9.17) is 10.5 Å². The maximum absolute atomic E-state index is 5.78. The molecule has 16 heavy (non-hydrogen) atoms. The first-order chi connectivity index (χ1) is 7.56. The third-order valence-electron chi connectivity index (χ3n) is 2.37. The lowest BCUT2D eigenvalue weighted by atomic mass is 10.2. The van der Waals surface area contributed by atoms with Crippen molar-refractivity contribution in [2.45, 2.75) is 20.8 Å². The van der Waals surface area contributed by atoms with E-state index in [1.54, 1.807) is 7.11 Å². The monoisotopic (exact) mass is 243 g/mol. The highest BCUT2D eigenvalue weighted by Crippen LogP contribution is 2.29. The average Bonchev–Trinajstić information content (AvgIpc) is 2.54. The molecule has 1 aromatic rings. The zero-order valence-electron chi connectivity index (χ0n) is 10.5. The fourth-order valence-electron chi connectivity index (χ4n) is 1.55. The Labute approximate surface area is 102 Å². The molecular formula is C11H21N3OS. The molecule has 0 amide bonds. The molecule has 0 bridgehead atoms. The van der Waals surface area contributed by atoms with Gasteiger partial charge in [0.25, 0.3) is 0 Å². The Morgan fingerprint density at radius 3 is 2.62 bits per heavy atom. The Kier molecular flexibility index (Phi) is 5.02. The largest absolute Gasteiger partial charge is 0.383 e. The second-order valence-corrected chi connectivity index (χ2v) is 5.08. The highest BCUT2D eigenvalue weighted by molar-refractivity contribution is 7.10. The molecular weight excluding hydrogens is 222 g/mol. The minimum absolute atomic E-state index is 0.611. The van der Waals surface area contributed by atoms with Gasteiger partial charge in [-0.2, -0.15) is 4.37 Å². The summed E-state index contributed by atoms with van der Waals surface area (Å²) in [6, 6.07) is 0. The molecule has 1 heterocycles. The lowest BCUT2D eigenvalue weighted by Crippen LogP contribution is -2.30. The Bertz CT molecular complexity index is 325. The second-order valence-electron chi connectivity index (χ2n) is 4.33. The first-order valence-corrected chi connectivity index (χ1v) is 6.29. The molecule has 0 saturated carbocycles. The number of rotatable bonds is 6. The van der Waals surface area contributed by atoms with Gasteiger partial charge in [0.15, 0.2) is 0 Å². The van der Waals surface area contributed by atoms with Crippen LogP contribution in [0.4, 0.5) is 10.8 Å². The number of hydrogen-bond acceptors (Lipinski definition) is 5. The molecule has 4 nitrogen and oxygen atoms in total. The van der Waals surface area contributed by atoms with E-state index in [0.717, 1.165) is 25.3 Å². The van der Waals surface area contributed by atoms with E-state index >= 15 is 0 Å². The van der Waals surface area contributed by atoms with E-state index in [-0.39, 0.29) is 0 Å². The topological polar surface area (TPSA) is 51.4 Å². The molecule has 0 aliphatic carbocycles. The Morgan fingerprint density at radius 2 is 2.19 bits per heavy atom. The van der Waals surface area contributed by atoms with Crippen molar-refractivity contribution in [1.82, 2.24) is 4.37 Å². The molecule has 0 fully saturated rings. The predicted molar refractivity (Wildman–Crippen MR) is 70.2 cm³/mol.